The van der Waals surface area contributed by atoms with Crippen LogP contribution in [-0.4, -0.2) is 23.8 Å². The van der Waals surface area contributed by atoms with Crippen molar-refractivity contribution in [3.8, 4) is 0 Å². The van der Waals surface area contributed by atoms with E-state index in [0.29, 0.717) is 0 Å². The first kappa shape index (κ1) is 16.6. The summed E-state index contributed by atoms with van der Waals surface area (Å²) < 4.78 is 0. The zero-order valence-corrected chi connectivity index (χ0v) is 6.04. The monoisotopic (exact) mass is 158 g/mol. The summed E-state index contributed by atoms with van der Waals surface area (Å²) in [6, 6.07) is 9.80. The molecule has 4 nitrogen and oxygen atoms in total. The van der Waals surface area contributed by atoms with Crippen molar-refractivity contribution in [1.29, 1.82) is 0 Å². The smallest absolute Gasteiger partial charge is 0.241 e. The van der Waals surface area contributed by atoms with Gasteiger partial charge >= 0.3 is 0 Å². The molecule has 5 heteroatoms. The second-order valence-electron chi connectivity index (χ2n) is 1.58. The molecule has 0 heterocycles. The third kappa shape index (κ3) is 5.56. The summed E-state index contributed by atoms with van der Waals surface area (Å²) in [7, 11) is 1.58. The fraction of sp³-hybridized carbons (Fsp3) is 0. The quantitative estimate of drug-likeness (QED) is 0.443. The minimum absolute atomic E-state index is 0. The number of hydrogen-bond acceptors (Lipinski definition) is 1. The van der Waals surface area contributed by atoms with E-state index >= 15 is 0 Å². The highest BCUT2D eigenvalue weighted by Crippen LogP contribution is 1.77. The van der Waals surface area contributed by atoms with Gasteiger partial charge in [-0.1, -0.05) is 35.8 Å². The summed E-state index contributed by atoms with van der Waals surface area (Å²) in [4.78, 5) is 0. The largest absolute Gasteiger partial charge is 0.412 e. The average Bonchev–Trinajstić information content (AvgIpc) is 1.90. The van der Waals surface area contributed by atoms with Gasteiger partial charge in [0.2, 0.25) is 7.41 Å². The molecule has 8 N–H and O–H groups in total. The molecule has 0 aliphatic carbocycles. The van der Waals surface area contributed by atoms with E-state index in [2.05, 4.69) is 0 Å². The van der Waals surface area contributed by atoms with Crippen molar-refractivity contribution in [3.63, 3.8) is 0 Å². The molecular weight excluding hydrogens is 145 g/mol. The van der Waals surface area contributed by atoms with Gasteiger partial charge in [0, 0.05) is 0 Å². The van der Waals surface area contributed by atoms with Crippen LogP contribution in [0.4, 0.5) is 0 Å². The van der Waals surface area contributed by atoms with E-state index in [0.717, 1.165) is 5.46 Å². The lowest BCUT2D eigenvalue weighted by Crippen LogP contribution is -2.21. The molecule has 0 spiro atoms. The highest BCUT2D eigenvalue weighted by Gasteiger charge is 1.83. The van der Waals surface area contributed by atoms with Crippen LogP contribution < -0.4 is 11.1 Å². The summed E-state index contributed by atoms with van der Waals surface area (Å²) in [5, 5.41) is 0. The molecule has 0 bridgehead atoms. The van der Waals surface area contributed by atoms with Crippen LogP contribution in [0, 0.1) is 0 Å². The van der Waals surface area contributed by atoms with Crippen molar-refractivity contribution in [2.75, 3.05) is 0 Å². The first-order valence-corrected chi connectivity index (χ1v) is 2.53. The van der Waals surface area contributed by atoms with E-state index in [1.807, 2.05) is 30.3 Å². The summed E-state index contributed by atoms with van der Waals surface area (Å²) in [5.74, 6) is 0. The Balaban J connectivity index is -0.000000213. The maximum absolute atomic E-state index is 5.22. The number of nitrogens with two attached hydrogens (primary N) is 1. The highest BCUT2D eigenvalue weighted by atomic mass is 16.0. The Hall–Kier alpha value is -0.875. The van der Waals surface area contributed by atoms with Crippen molar-refractivity contribution in [2.45, 2.75) is 0 Å². The zero-order valence-electron chi connectivity index (χ0n) is 6.04. The molecule has 0 unspecified atom stereocenters. The number of hydrogen-bond donors (Lipinski definition) is 1. The average molecular weight is 158 g/mol. The van der Waals surface area contributed by atoms with Crippen LogP contribution in [0.15, 0.2) is 30.3 Å². The van der Waals surface area contributed by atoms with Crippen molar-refractivity contribution >= 4 is 12.9 Å². The predicted octanol–water partition coefficient (Wildman–Crippen LogP) is -2.58. The first-order chi connectivity index (χ1) is 3.93. The van der Waals surface area contributed by atoms with Gasteiger partial charge in [-0.25, -0.2) is 0 Å². The second kappa shape index (κ2) is 9.12. The molecule has 63 valence electrons. The van der Waals surface area contributed by atoms with Gasteiger partial charge in [0.25, 0.3) is 0 Å². The molecular formula is C6H13BNO3. The molecule has 0 atom stereocenters. The molecule has 0 saturated carbocycles. The Labute approximate surface area is 66.2 Å². The highest BCUT2D eigenvalue weighted by molar-refractivity contribution is 6.49. The maximum Gasteiger partial charge on any atom is 0.241 e. The van der Waals surface area contributed by atoms with Gasteiger partial charge in [0.1, 0.15) is 0 Å². The molecule has 0 saturated heterocycles. The van der Waals surface area contributed by atoms with E-state index < -0.39 is 0 Å². The third-order valence-corrected chi connectivity index (χ3v) is 0.992. The summed E-state index contributed by atoms with van der Waals surface area (Å²) in [6.45, 7) is 0. The fourth-order valence-corrected chi connectivity index (χ4v) is 0.564. The third-order valence-electron chi connectivity index (χ3n) is 0.992. The molecule has 1 aromatic rings. The summed E-state index contributed by atoms with van der Waals surface area (Å²) >= 11 is 0. The van der Waals surface area contributed by atoms with Crippen LogP contribution in [0.3, 0.4) is 0 Å². The van der Waals surface area contributed by atoms with E-state index in [1.165, 1.54) is 0 Å². The minimum Gasteiger partial charge on any atom is -0.412 e. The van der Waals surface area contributed by atoms with Crippen molar-refractivity contribution in [1.82, 2.24) is 0 Å². The zero-order chi connectivity index (χ0) is 5.82. The molecule has 1 radical (unpaired) electrons. The molecule has 11 heavy (non-hydrogen) atoms. The molecule has 0 aliphatic heterocycles. The van der Waals surface area contributed by atoms with E-state index in [9.17, 15) is 0 Å². The fourth-order valence-electron chi connectivity index (χ4n) is 0.564. The number of rotatable bonds is 1. The molecule has 0 aromatic heterocycles. The molecule has 0 fully saturated rings. The summed E-state index contributed by atoms with van der Waals surface area (Å²) in [5.41, 5.74) is 6.29. The van der Waals surface area contributed by atoms with Crippen molar-refractivity contribution in [2.24, 2.45) is 5.64 Å². The molecule has 1 aromatic carbocycles. The van der Waals surface area contributed by atoms with Gasteiger partial charge in [-0.2, -0.15) is 0 Å². The van der Waals surface area contributed by atoms with E-state index in [4.69, 9.17) is 5.64 Å². The minimum atomic E-state index is 0. The topological polar surface area (TPSA) is 121 Å². The normalized spacial score (nSPS) is 6.27. The Morgan fingerprint density at radius 3 is 1.64 bits per heavy atom. The van der Waals surface area contributed by atoms with E-state index in [-0.39, 0.29) is 16.4 Å². The van der Waals surface area contributed by atoms with Crippen LogP contribution in [0.5, 0.6) is 0 Å². The van der Waals surface area contributed by atoms with Gasteiger partial charge in [-0.15, -0.1) is 0 Å². The van der Waals surface area contributed by atoms with E-state index in [1.54, 1.807) is 7.41 Å². The second-order valence-corrected chi connectivity index (χ2v) is 1.58. The SMILES string of the molecule is N[B]c1ccccc1.O.O.O. The van der Waals surface area contributed by atoms with Gasteiger partial charge < -0.3 is 22.1 Å². The van der Waals surface area contributed by atoms with Gasteiger partial charge in [-0.3, -0.25) is 0 Å². The van der Waals surface area contributed by atoms with Gasteiger partial charge in [0.05, 0.1) is 0 Å². The van der Waals surface area contributed by atoms with Crippen LogP contribution in [0.2, 0.25) is 0 Å². The Morgan fingerprint density at radius 1 is 0.909 bits per heavy atom. The van der Waals surface area contributed by atoms with Crippen molar-refractivity contribution in [3.05, 3.63) is 30.3 Å². The van der Waals surface area contributed by atoms with Crippen LogP contribution >= 0.6 is 0 Å². The lowest BCUT2D eigenvalue weighted by atomic mass is 9.85. The van der Waals surface area contributed by atoms with Gasteiger partial charge in [0.15, 0.2) is 0 Å². The van der Waals surface area contributed by atoms with Crippen LogP contribution in [-0.2, 0) is 0 Å². The van der Waals surface area contributed by atoms with Crippen molar-refractivity contribution < 1.29 is 16.4 Å². The lowest BCUT2D eigenvalue weighted by molar-refractivity contribution is 0.823. The summed E-state index contributed by atoms with van der Waals surface area (Å²) in [6.07, 6.45) is 0. The Morgan fingerprint density at radius 2 is 1.36 bits per heavy atom. The lowest BCUT2D eigenvalue weighted by Gasteiger charge is -1.87. The predicted molar refractivity (Wildman–Crippen MR) is 46.9 cm³/mol. The van der Waals surface area contributed by atoms with Crippen LogP contribution in [0.25, 0.3) is 0 Å². The first-order valence-electron chi connectivity index (χ1n) is 2.53. The molecule has 0 aliphatic rings. The standard InChI is InChI=1S/C6H7BN.3H2O/c8-7-6-4-2-1-3-5-6;;;/h1-5H,8H2;3*1H2. The Bertz CT molecular complexity index is 159. The molecule has 1 rings (SSSR count). The van der Waals surface area contributed by atoms with Gasteiger partial charge in [-0.05, 0) is 0 Å². The van der Waals surface area contributed by atoms with Crippen LogP contribution in [0.1, 0.15) is 0 Å². The molecule has 0 amide bonds. The number of benzene rings is 1. The Kier molecular flexibility index (Phi) is 13.8. The maximum atomic E-state index is 5.22.